The molecule has 4 rings (SSSR count). The molecule has 2 aromatic carbocycles. The highest BCUT2D eigenvalue weighted by Crippen LogP contribution is 2.33. The maximum absolute atomic E-state index is 13.5. The van der Waals surface area contributed by atoms with E-state index in [0.717, 1.165) is 12.1 Å². The fourth-order valence-corrected chi connectivity index (χ4v) is 4.35. The summed E-state index contributed by atoms with van der Waals surface area (Å²) in [6.07, 6.45) is -0.00304. The van der Waals surface area contributed by atoms with Gasteiger partial charge in [-0.2, -0.15) is 0 Å². The Morgan fingerprint density at radius 1 is 1.12 bits per heavy atom. The Morgan fingerprint density at radius 3 is 2.72 bits per heavy atom. The summed E-state index contributed by atoms with van der Waals surface area (Å²) in [6.45, 7) is 0.402. The molecule has 0 radical (unpaired) electrons. The first-order chi connectivity index (χ1) is 12.0. The molecule has 0 aliphatic carbocycles. The Kier molecular flexibility index (Phi) is 3.81. The number of benzene rings is 2. The highest BCUT2D eigenvalue weighted by atomic mass is 32.2. The number of sulfonamides is 1. The van der Waals surface area contributed by atoms with Crippen molar-refractivity contribution in [2.75, 3.05) is 6.61 Å². The number of halogens is 2. The average Bonchev–Trinajstić information content (AvgIpc) is 3.14. The Bertz CT molecular complexity index is 976. The van der Waals surface area contributed by atoms with Crippen LogP contribution in [0.25, 0.3) is 0 Å². The standard InChI is InChI=1S/C17H14F2N2O3S/c18-12-6-5-10(9-13(12)19)16-14(7-8-24-16)20-17-11-3-1-2-4-15(11)25(22,23)21-17/h1-6,9,14,16H,7-8H2,(H,20,21). The van der Waals surface area contributed by atoms with Crippen LogP contribution in [-0.2, 0) is 14.8 Å². The van der Waals surface area contributed by atoms with Crippen LogP contribution in [0.2, 0.25) is 0 Å². The SMILES string of the molecule is O=S1(=O)NC(=NC2CCOC2c2ccc(F)c(F)c2)c2ccccc21. The lowest BCUT2D eigenvalue weighted by Gasteiger charge is -2.16. The second kappa shape index (κ2) is 5.89. The third-order valence-corrected chi connectivity index (χ3v) is 5.69. The number of amidine groups is 1. The maximum atomic E-state index is 13.5. The molecule has 0 amide bonds. The quantitative estimate of drug-likeness (QED) is 0.890. The Hall–Kier alpha value is -2.32. The fraction of sp³-hybridized carbons (Fsp3) is 0.235. The highest BCUT2D eigenvalue weighted by molar-refractivity contribution is 7.90. The predicted octanol–water partition coefficient (Wildman–Crippen LogP) is 2.53. The topological polar surface area (TPSA) is 67.8 Å². The zero-order valence-electron chi connectivity index (χ0n) is 12.9. The van der Waals surface area contributed by atoms with Gasteiger partial charge in [-0.1, -0.05) is 18.2 Å². The van der Waals surface area contributed by atoms with Crippen LogP contribution in [-0.4, -0.2) is 26.9 Å². The lowest BCUT2D eigenvalue weighted by Crippen LogP contribution is -2.25. The van der Waals surface area contributed by atoms with E-state index < -0.39 is 33.8 Å². The summed E-state index contributed by atoms with van der Waals surface area (Å²) in [6, 6.07) is 9.75. The lowest BCUT2D eigenvalue weighted by molar-refractivity contribution is 0.105. The molecule has 2 aliphatic rings. The molecule has 0 aromatic heterocycles. The fourth-order valence-electron chi connectivity index (χ4n) is 3.11. The van der Waals surface area contributed by atoms with Crippen molar-refractivity contribution in [1.29, 1.82) is 0 Å². The van der Waals surface area contributed by atoms with E-state index in [1.54, 1.807) is 18.2 Å². The van der Waals surface area contributed by atoms with Gasteiger partial charge >= 0.3 is 0 Å². The normalized spacial score (nSPS) is 25.8. The molecule has 2 aliphatic heterocycles. The number of hydrogen-bond acceptors (Lipinski definition) is 4. The second-order valence-corrected chi connectivity index (χ2v) is 7.55. The minimum Gasteiger partial charge on any atom is -0.371 e. The van der Waals surface area contributed by atoms with Crippen LogP contribution >= 0.6 is 0 Å². The van der Waals surface area contributed by atoms with Crippen LogP contribution in [0.15, 0.2) is 52.4 Å². The van der Waals surface area contributed by atoms with Crippen molar-refractivity contribution in [3.8, 4) is 0 Å². The number of nitrogens with zero attached hydrogens (tertiary/aromatic N) is 1. The molecule has 8 heteroatoms. The van der Waals surface area contributed by atoms with Crippen molar-refractivity contribution in [3.05, 3.63) is 65.2 Å². The van der Waals surface area contributed by atoms with E-state index in [0.29, 0.717) is 24.2 Å². The first-order valence-electron chi connectivity index (χ1n) is 7.72. The van der Waals surface area contributed by atoms with Crippen LogP contribution in [0.4, 0.5) is 8.78 Å². The van der Waals surface area contributed by atoms with Crippen molar-refractivity contribution >= 4 is 15.9 Å². The lowest BCUT2D eigenvalue weighted by atomic mass is 10.0. The summed E-state index contributed by atoms with van der Waals surface area (Å²) in [5.74, 6) is -1.63. The van der Waals surface area contributed by atoms with Crippen LogP contribution in [0, 0.1) is 11.6 Å². The van der Waals surface area contributed by atoms with Gasteiger partial charge in [0.15, 0.2) is 11.6 Å². The van der Waals surface area contributed by atoms with Gasteiger partial charge in [-0.05, 0) is 36.2 Å². The maximum Gasteiger partial charge on any atom is 0.263 e. The summed E-state index contributed by atoms with van der Waals surface area (Å²) >= 11 is 0. The summed E-state index contributed by atoms with van der Waals surface area (Å²) in [5.41, 5.74) is 0.971. The smallest absolute Gasteiger partial charge is 0.263 e. The van der Waals surface area contributed by atoms with Gasteiger partial charge in [-0.25, -0.2) is 17.2 Å². The average molecular weight is 364 g/mol. The molecule has 5 nitrogen and oxygen atoms in total. The second-order valence-electron chi connectivity index (χ2n) is 5.90. The summed E-state index contributed by atoms with van der Waals surface area (Å²) < 4.78 is 59.0. The van der Waals surface area contributed by atoms with Crippen molar-refractivity contribution < 1.29 is 21.9 Å². The molecule has 2 unspecified atom stereocenters. The molecule has 25 heavy (non-hydrogen) atoms. The third-order valence-electron chi connectivity index (χ3n) is 4.29. The van der Waals surface area contributed by atoms with Gasteiger partial charge in [-0.3, -0.25) is 9.71 Å². The van der Waals surface area contributed by atoms with E-state index in [1.165, 1.54) is 12.1 Å². The van der Waals surface area contributed by atoms with E-state index in [4.69, 9.17) is 4.74 Å². The van der Waals surface area contributed by atoms with Crippen molar-refractivity contribution in [2.45, 2.75) is 23.5 Å². The predicted molar refractivity (Wildman–Crippen MR) is 86.8 cm³/mol. The minimum atomic E-state index is -3.62. The van der Waals surface area contributed by atoms with Crippen molar-refractivity contribution in [2.24, 2.45) is 4.99 Å². The first-order valence-corrected chi connectivity index (χ1v) is 9.20. The van der Waals surface area contributed by atoms with E-state index in [-0.39, 0.29) is 10.7 Å². The first kappa shape index (κ1) is 16.2. The van der Waals surface area contributed by atoms with Gasteiger partial charge in [0.1, 0.15) is 11.9 Å². The van der Waals surface area contributed by atoms with Crippen LogP contribution in [0.5, 0.6) is 0 Å². The highest BCUT2D eigenvalue weighted by Gasteiger charge is 2.35. The zero-order chi connectivity index (χ0) is 17.6. The number of aliphatic imine (C=N–C) groups is 1. The Labute approximate surface area is 143 Å². The summed E-state index contributed by atoms with van der Waals surface area (Å²) in [7, 11) is -3.62. The van der Waals surface area contributed by atoms with Crippen molar-refractivity contribution in [3.63, 3.8) is 0 Å². The molecule has 0 spiro atoms. The molecule has 1 saturated heterocycles. The van der Waals surface area contributed by atoms with E-state index in [9.17, 15) is 17.2 Å². The molecule has 2 atom stereocenters. The largest absolute Gasteiger partial charge is 0.371 e. The molecule has 2 heterocycles. The summed E-state index contributed by atoms with van der Waals surface area (Å²) in [5, 5.41) is 0. The number of fused-ring (bicyclic) bond motifs is 1. The molecular weight excluding hydrogens is 350 g/mol. The number of rotatable bonds is 2. The van der Waals surface area contributed by atoms with Gasteiger partial charge in [-0.15, -0.1) is 0 Å². The molecule has 0 saturated carbocycles. The minimum absolute atomic E-state index is 0.178. The molecule has 2 aromatic rings. The van der Waals surface area contributed by atoms with Crippen LogP contribution in [0.3, 0.4) is 0 Å². The molecule has 0 bridgehead atoms. The monoisotopic (exact) mass is 364 g/mol. The number of ether oxygens (including phenoxy) is 1. The van der Waals surface area contributed by atoms with Crippen LogP contribution < -0.4 is 4.72 Å². The van der Waals surface area contributed by atoms with E-state index in [1.807, 2.05) is 0 Å². The number of nitrogens with one attached hydrogen (secondary N) is 1. The van der Waals surface area contributed by atoms with E-state index in [2.05, 4.69) is 9.71 Å². The zero-order valence-corrected chi connectivity index (χ0v) is 13.8. The molecule has 1 N–H and O–H groups in total. The summed E-state index contributed by atoms with van der Waals surface area (Å²) in [4.78, 5) is 4.68. The Morgan fingerprint density at radius 2 is 1.92 bits per heavy atom. The molecule has 1 fully saturated rings. The van der Waals surface area contributed by atoms with Crippen molar-refractivity contribution in [1.82, 2.24) is 4.72 Å². The van der Waals surface area contributed by atoms with Gasteiger partial charge in [0.2, 0.25) is 0 Å². The van der Waals surface area contributed by atoms with E-state index >= 15 is 0 Å². The molecular formula is C17H14F2N2O3S. The number of hydrogen-bond donors (Lipinski definition) is 1. The van der Waals surface area contributed by atoms with Crippen LogP contribution in [0.1, 0.15) is 23.7 Å². The van der Waals surface area contributed by atoms with Gasteiger partial charge in [0.25, 0.3) is 10.0 Å². The third kappa shape index (κ3) is 2.81. The van der Waals surface area contributed by atoms with Gasteiger partial charge < -0.3 is 4.74 Å². The Balaban J connectivity index is 1.70. The van der Waals surface area contributed by atoms with Gasteiger partial charge in [0.05, 0.1) is 10.9 Å². The molecule has 130 valence electrons. The van der Waals surface area contributed by atoms with Gasteiger partial charge in [0, 0.05) is 12.2 Å².